The maximum Gasteiger partial charge on any atom is 0.288 e. The van der Waals surface area contributed by atoms with Crippen molar-refractivity contribution in [1.29, 1.82) is 0 Å². The van der Waals surface area contributed by atoms with Gasteiger partial charge >= 0.3 is 0 Å². The van der Waals surface area contributed by atoms with Crippen molar-refractivity contribution < 1.29 is 4.74 Å². The number of nitrogens with zero attached hydrogens (tertiary/aromatic N) is 5. The molecule has 10 heteroatoms. The van der Waals surface area contributed by atoms with Crippen LogP contribution in [0.25, 0.3) is 11.3 Å². The van der Waals surface area contributed by atoms with Gasteiger partial charge in [0.15, 0.2) is 0 Å². The van der Waals surface area contributed by atoms with Crippen LogP contribution in [0.15, 0.2) is 53.3 Å². The molecule has 0 spiro atoms. The summed E-state index contributed by atoms with van der Waals surface area (Å²) in [6, 6.07) is 14.3. The Kier molecular flexibility index (Phi) is 4.02. The average Bonchev–Trinajstić information content (AvgIpc) is 3.22. The Labute approximate surface area is 169 Å². The van der Waals surface area contributed by atoms with Crippen LogP contribution in [0.1, 0.15) is 17.2 Å². The molecule has 1 atom stereocenters. The Morgan fingerprint density at radius 1 is 1.10 bits per heavy atom. The quantitative estimate of drug-likeness (QED) is 0.473. The molecule has 0 radical (unpaired) electrons. The highest BCUT2D eigenvalue weighted by molar-refractivity contribution is 6.30. The Hall–Kier alpha value is -3.72. The molecule has 0 saturated heterocycles. The molecule has 2 N–H and O–H groups in total. The molecule has 2 aromatic heterocycles. The van der Waals surface area contributed by atoms with Crippen molar-refractivity contribution >= 4 is 23.2 Å². The summed E-state index contributed by atoms with van der Waals surface area (Å²) in [5.74, 6) is 1.10. The van der Waals surface area contributed by atoms with E-state index in [4.69, 9.17) is 16.3 Å². The molecule has 0 bridgehead atoms. The molecule has 0 saturated carbocycles. The number of halogens is 1. The monoisotopic (exact) mass is 407 g/mol. The second-order valence-corrected chi connectivity index (χ2v) is 6.88. The first kappa shape index (κ1) is 17.4. The summed E-state index contributed by atoms with van der Waals surface area (Å²) in [5.41, 5.74) is 2.95. The van der Waals surface area contributed by atoms with E-state index in [9.17, 15) is 4.79 Å². The number of methoxy groups -OCH3 is 1. The molecule has 5 rings (SSSR count). The highest BCUT2D eigenvalue weighted by atomic mass is 35.5. The third-order valence-corrected chi connectivity index (χ3v) is 5.07. The van der Waals surface area contributed by atoms with Crippen molar-refractivity contribution in [1.82, 2.24) is 30.4 Å². The smallest absolute Gasteiger partial charge is 0.288 e. The van der Waals surface area contributed by atoms with Crippen molar-refractivity contribution in [3.05, 3.63) is 75.0 Å². The summed E-state index contributed by atoms with van der Waals surface area (Å²) in [4.78, 5) is 12.6. The number of anilines is 2. The maximum absolute atomic E-state index is 12.6. The second-order valence-electron chi connectivity index (χ2n) is 6.44. The molecule has 1 unspecified atom stereocenters. The standard InChI is InChI=1S/C19H14ClN7O2/c1-29-13-8-4-11(5-9-13)17-14-15(10-2-6-12(20)7-3-10)22-23-18(28)16(14)21-19-24-25-26-27(17)19/h2-9,17H,1H3,(H,23,28)(H,21,24,26). The van der Waals surface area contributed by atoms with Crippen LogP contribution in [0.2, 0.25) is 5.02 Å². The van der Waals surface area contributed by atoms with Crippen LogP contribution in [0.3, 0.4) is 0 Å². The van der Waals surface area contributed by atoms with Crippen LogP contribution in [-0.2, 0) is 0 Å². The molecule has 0 aliphatic carbocycles. The number of tetrazole rings is 1. The molecular formula is C19H14ClN7O2. The van der Waals surface area contributed by atoms with Crippen LogP contribution in [0.4, 0.5) is 11.6 Å². The van der Waals surface area contributed by atoms with Gasteiger partial charge in [0.05, 0.1) is 12.8 Å². The summed E-state index contributed by atoms with van der Waals surface area (Å²) < 4.78 is 6.89. The fraction of sp³-hybridized carbons (Fsp3) is 0.105. The molecule has 1 aliphatic heterocycles. The number of aromatic amines is 1. The first-order chi connectivity index (χ1) is 14.2. The number of aromatic nitrogens is 6. The van der Waals surface area contributed by atoms with E-state index in [0.717, 1.165) is 16.9 Å². The van der Waals surface area contributed by atoms with Crippen LogP contribution < -0.4 is 15.6 Å². The van der Waals surface area contributed by atoms with Crippen LogP contribution in [0.5, 0.6) is 5.75 Å². The van der Waals surface area contributed by atoms with E-state index in [1.807, 2.05) is 36.4 Å². The minimum absolute atomic E-state index is 0.355. The molecular weight excluding hydrogens is 394 g/mol. The largest absolute Gasteiger partial charge is 0.497 e. The van der Waals surface area contributed by atoms with Gasteiger partial charge in [-0.05, 0) is 40.3 Å². The summed E-state index contributed by atoms with van der Waals surface area (Å²) in [5, 5.41) is 22.4. The molecule has 4 aromatic rings. The third kappa shape index (κ3) is 2.83. The Balaban J connectivity index is 1.78. The highest BCUT2D eigenvalue weighted by Crippen LogP contribution is 2.41. The Morgan fingerprint density at radius 2 is 1.86 bits per heavy atom. The molecule has 9 nitrogen and oxygen atoms in total. The number of nitrogens with one attached hydrogen (secondary N) is 2. The van der Waals surface area contributed by atoms with Gasteiger partial charge in [-0.1, -0.05) is 41.0 Å². The molecule has 3 heterocycles. The summed E-state index contributed by atoms with van der Waals surface area (Å²) >= 11 is 6.04. The van der Waals surface area contributed by atoms with Crippen molar-refractivity contribution in [2.45, 2.75) is 6.04 Å². The molecule has 29 heavy (non-hydrogen) atoms. The second kappa shape index (κ2) is 6.71. The van der Waals surface area contributed by atoms with E-state index in [1.165, 1.54) is 0 Å². The zero-order valence-corrected chi connectivity index (χ0v) is 15.9. The molecule has 1 aliphatic rings. The predicted octanol–water partition coefficient (Wildman–Crippen LogP) is 2.78. The Morgan fingerprint density at radius 3 is 2.59 bits per heavy atom. The van der Waals surface area contributed by atoms with Gasteiger partial charge in [-0.3, -0.25) is 4.79 Å². The molecule has 2 aromatic carbocycles. The fourth-order valence-corrected chi connectivity index (χ4v) is 3.59. The SMILES string of the molecule is COc1ccc(C2c3c(-c4ccc(Cl)cc4)n[nH]c(=O)c3Nc3nnnn32)cc1. The number of hydrogen-bond donors (Lipinski definition) is 2. The molecule has 0 fully saturated rings. The fourth-order valence-electron chi connectivity index (χ4n) is 3.46. The van der Waals surface area contributed by atoms with Crippen molar-refractivity contribution in [2.75, 3.05) is 12.4 Å². The number of hydrogen-bond acceptors (Lipinski definition) is 7. The van der Waals surface area contributed by atoms with Crippen molar-refractivity contribution in [3.63, 3.8) is 0 Å². The van der Waals surface area contributed by atoms with E-state index in [1.54, 1.807) is 23.9 Å². The van der Waals surface area contributed by atoms with Crippen molar-refractivity contribution in [2.24, 2.45) is 0 Å². The van der Waals surface area contributed by atoms with Gasteiger partial charge in [-0.2, -0.15) is 9.78 Å². The lowest BCUT2D eigenvalue weighted by atomic mass is 9.92. The number of fused-ring (bicyclic) bond motifs is 2. The van der Waals surface area contributed by atoms with Crippen LogP contribution in [-0.4, -0.2) is 37.5 Å². The van der Waals surface area contributed by atoms with Gasteiger partial charge in [0.25, 0.3) is 5.56 Å². The first-order valence-corrected chi connectivity index (χ1v) is 9.11. The van der Waals surface area contributed by atoms with Gasteiger partial charge in [-0.25, -0.2) is 5.10 Å². The predicted molar refractivity (Wildman–Crippen MR) is 107 cm³/mol. The normalized spacial score (nSPS) is 14.6. The van der Waals surface area contributed by atoms with Crippen LogP contribution >= 0.6 is 11.6 Å². The topological polar surface area (TPSA) is 111 Å². The molecule has 0 amide bonds. The number of rotatable bonds is 3. The average molecular weight is 408 g/mol. The third-order valence-electron chi connectivity index (χ3n) is 4.82. The summed E-state index contributed by atoms with van der Waals surface area (Å²) in [6.07, 6.45) is 0. The van der Waals surface area contributed by atoms with Crippen molar-refractivity contribution in [3.8, 4) is 17.0 Å². The maximum atomic E-state index is 12.6. The first-order valence-electron chi connectivity index (χ1n) is 8.73. The minimum Gasteiger partial charge on any atom is -0.497 e. The number of H-pyrrole nitrogens is 1. The van der Waals surface area contributed by atoms with Gasteiger partial charge in [-0.15, -0.1) is 0 Å². The Bertz CT molecular complexity index is 1250. The highest BCUT2D eigenvalue weighted by Gasteiger charge is 2.34. The van der Waals surface area contributed by atoms with E-state index in [0.29, 0.717) is 27.9 Å². The lowest BCUT2D eigenvalue weighted by Crippen LogP contribution is -2.29. The van der Waals surface area contributed by atoms with Gasteiger partial charge in [0, 0.05) is 16.1 Å². The summed E-state index contributed by atoms with van der Waals surface area (Å²) in [7, 11) is 1.61. The minimum atomic E-state index is -0.456. The van der Waals surface area contributed by atoms with Gasteiger partial charge < -0.3 is 10.1 Å². The summed E-state index contributed by atoms with van der Waals surface area (Å²) in [6.45, 7) is 0. The van der Waals surface area contributed by atoms with E-state index >= 15 is 0 Å². The number of ether oxygens (including phenoxy) is 1. The van der Waals surface area contributed by atoms with Crippen LogP contribution in [0, 0.1) is 0 Å². The zero-order valence-electron chi connectivity index (χ0n) is 15.1. The lowest BCUT2D eigenvalue weighted by Gasteiger charge is -2.27. The lowest BCUT2D eigenvalue weighted by molar-refractivity contribution is 0.414. The van der Waals surface area contributed by atoms with Gasteiger partial charge in [0.2, 0.25) is 5.95 Å². The van der Waals surface area contributed by atoms with E-state index in [-0.39, 0.29) is 5.56 Å². The van der Waals surface area contributed by atoms with Gasteiger partial charge in [0.1, 0.15) is 17.5 Å². The van der Waals surface area contributed by atoms with E-state index < -0.39 is 6.04 Å². The number of benzene rings is 2. The molecule has 144 valence electrons. The zero-order chi connectivity index (χ0) is 20.0. The van der Waals surface area contributed by atoms with E-state index in [2.05, 4.69) is 31.0 Å².